The monoisotopic (exact) mass is 534 g/mol. The summed E-state index contributed by atoms with van der Waals surface area (Å²) in [6, 6.07) is 16.2. The van der Waals surface area contributed by atoms with Gasteiger partial charge < -0.3 is 0 Å². The minimum Gasteiger partial charge on any atom is -0.265 e. The average Bonchev–Trinajstić information content (AvgIpc) is 3.80. The zero-order valence-electron chi connectivity index (χ0n) is 28.3. The molecule has 0 radical (unpaired) electrons. The molecule has 2 saturated carbocycles. The number of hydrogen-bond donors (Lipinski definition) is 0. The van der Waals surface area contributed by atoms with E-state index in [1.165, 1.54) is 44.1 Å². The normalized spacial score (nSPS) is 11.3. The molecule has 0 atom stereocenters. The van der Waals surface area contributed by atoms with Crippen LogP contribution in [0.5, 0.6) is 0 Å². The van der Waals surface area contributed by atoms with Crippen molar-refractivity contribution in [2.75, 3.05) is 0 Å². The number of nitrogens with zero attached hydrogens (tertiary/aromatic N) is 1. The van der Waals surface area contributed by atoms with Crippen molar-refractivity contribution < 1.29 is 0 Å². The standard InChI is InChI=1S/C9H12.C7H14.C5H5N.C4H10.C3H6.4C2H6.CH4/c1-8(2)9-6-4-3-5-7-9;1-6(2)7-4-3-5-7;1-2-4-6-5-3-1;1-4(2)3;1-2-3-1;4*1-2;/h3-8H,1-2H3;6-7H,3-5H2,1-2H3;1-5H;4H,1-3H3;1-3H2;4*1-2H3;1H4. The highest BCUT2D eigenvalue weighted by Gasteiger charge is 2.19. The number of hydrogen-bond acceptors (Lipinski definition) is 1. The molecule has 2 fully saturated rings. The Balaban J connectivity index is -0.0000000807. The van der Waals surface area contributed by atoms with E-state index < -0.39 is 0 Å². The van der Waals surface area contributed by atoms with Crippen LogP contribution < -0.4 is 0 Å². The van der Waals surface area contributed by atoms with Crippen LogP contribution in [0.1, 0.15) is 161 Å². The molecular formula is C37H75N. The molecule has 0 spiro atoms. The third kappa shape index (κ3) is 51.1. The molecule has 2 aliphatic carbocycles. The molecule has 1 aromatic carbocycles. The van der Waals surface area contributed by atoms with Crippen molar-refractivity contribution in [3.63, 3.8) is 0 Å². The van der Waals surface area contributed by atoms with Crippen LogP contribution in [0.3, 0.4) is 0 Å². The van der Waals surface area contributed by atoms with Crippen molar-refractivity contribution in [2.24, 2.45) is 17.8 Å². The average molecular weight is 534 g/mol. The first-order chi connectivity index (χ1) is 17.8. The molecule has 1 heteroatoms. The maximum absolute atomic E-state index is 3.78. The maximum atomic E-state index is 3.78. The van der Waals surface area contributed by atoms with Gasteiger partial charge in [0.25, 0.3) is 0 Å². The Morgan fingerprint density at radius 2 is 0.895 bits per heavy atom. The van der Waals surface area contributed by atoms with Crippen LogP contribution in [-0.2, 0) is 0 Å². The van der Waals surface area contributed by atoms with Crippen LogP contribution in [0.4, 0.5) is 0 Å². The third-order valence-electron chi connectivity index (χ3n) is 4.48. The van der Waals surface area contributed by atoms with Gasteiger partial charge in [-0.2, -0.15) is 0 Å². The van der Waals surface area contributed by atoms with Gasteiger partial charge in [-0.3, -0.25) is 4.98 Å². The summed E-state index contributed by atoms with van der Waals surface area (Å²) in [4.78, 5) is 3.78. The summed E-state index contributed by atoms with van der Waals surface area (Å²) in [7, 11) is 0. The van der Waals surface area contributed by atoms with E-state index in [1.807, 2.05) is 79.7 Å². The van der Waals surface area contributed by atoms with Crippen LogP contribution in [0.2, 0.25) is 0 Å². The van der Waals surface area contributed by atoms with Crippen molar-refractivity contribution in [2.45, 2.75) is 156 Å². The number of benzene rings is 1. The van der Waals surface area contributed by atoms with E-state index in [0.29, 0.717) is 5.92 Å². The summed E-state index contributed by atoms with van der Waals surface area (Å²) < 4.78 is 0. The molecule has 0 aliphatic heterocycles. The molecule has 1 nitrogen and oxygen atoms in total. The van der Waals surface area contributed by atoms with E-state index in [1.54, 1.807) is 12.4 Å². The van der Waals surface area contributed by atoms with Gasteiger partial charge in [0.1, 0.15) is 0 Å². The van der Waals surface area contributed by atoms with Crippen LogP contribution in [0, 0.1) is 17.8 Å². The lowest BCUT2D eigenvalue weighted by Gasteiger charge is -2.28. The van der Waals surface area contributed by atoms with Crippen molar-refractivity contribution in [3.8, 4) is 0 Å². The first-order valence-electron chi connectivity index (χ1n) is 15.7. The van der Waals surface area contributed by atoms with Gasteiger partial charge in [0.2, 0.25) is 0 Å². The van der Waals surface area contributed by atoms with Crippen molar-refractivity contribution >= 4 is 0 Å². The molecule has 1 heterocycles. The lowest BCUT2D eigenvalue weighted by atomic mass is 9.78. The molecule has 0 saturated heterocycles. The van der Waals surface area contributed by atoms with Gasteiger partial charge in [-0.15, -0.1) is 0 Å². The maximum Gasteiger partial charge on any atom is 0.0267 e. The Kier molecular flexibility index (Phi) is 58.8. The molecule has 0 bridgehead atoms. The summed E-state index contributed by atoms with van der Waals surface area (Å²) in [6.45, 7) is 31.6. The Labute approximate surface area is 244 Å². The second kappa shape index (κ2) is 45.3. The van der Waals surface area contributed by atoms with Crippen molar-refractivity contribution in [1.82, 2.24) is 4.98 Å². The summed E-state index contributed by atoms with van der Waals surface area (Å²) in [5.41, 5.74) is 1.41. The van der Waals surface area contributed by atoms with E-state index >= 15 is 0 Å². The molecule has 0 unspecified atom stereocenters. The van der Waals surface area contributed by atoms with Gasteiger partial charge in [0.15, 0.2) is 0 Å². The first kappa shape index (κ1) is 49.3. The minimum atomic E-state index is 0. The molecule has 38 heavy (non-hydrogen) atoms. The van der Waals surface area contributed by atoms with Crippen LogP contribution in [0.15, 0.2) is 60.9 Å². The van der Waals surface area contributed by atoms with Crippen LogP contribution in [0.25, 0.3) is 0 Å². The lowest BCUT2D eigenvalue weighted by Crippen LogP contribution is -2.16. The smallest absolute Gasteiger partial charge is 0.0267 e. The molecule has 0 amide bonds. The fourth-order valence-electron chi connectivity index (χ4n) is 2.26. The molecular weight excluding hydrogens is 458 g/mol. The van der Waals surface area contributed by atoms with Crippen molar-refractivity contribution in [3.05, 3.63) is 66.5 Å². The predicted molar refractivity (Wildman–Crippen MR) is 183 cm³/mol. The Morgan fingerprint density at radius 3 is 1.00 bits per heavy atom. The molecule has 4 rings (SSSR count). The summed E-state index contributed by atoms with van der Waals surface area (Å²) in [5.74, 6) is 3.53. The molecule has 0 N–H and O–H groups in total. The number of aromatic nitrogens is 1. The second-order valence-corrected chi connectivity index (χ2v) is 9.32. The van der Waals surface area contributed by atoms with Gasteiger partial charge in [-0.25, -0.2) is 0 Å². The third-order valence-corrected chi connectivity index (χ3v) is 4.48. The molecule has 2 aromatic rings. The number of rotatable bonds is 2. The predicted octanol–water partition coefficient (Wildman–Crippen LogP) is 13.9. The van der Waals surface area contributed by atoms with Gasteiger partial charge in [-0.1, -0.05) is 186 Å². The minimum absolute atomic E-state index is 0. The highest BCUT2D eigenvalue weighted by Crippen LogP contribution is 2.32. The Bertz CT molecular complexity index is 507. The molecule has 1 aromatic heterocycles. The van der Waals surface area contributed by atoms with Crippen LogP contribution >= 0.6 is 0 Å². The fraction of sp³-hybridized carbons (Fsp3) is 0.703. The molecule has 2 aliphatic rings. The quantitative estimate of drug-likeness (QED) is 0.374. The molecule has 228 valence electrons. The lowest BCUT2D eigenvalue weighted by molar-refractivity contribution is 0.235. The van der Waals surface area contributed by atoms with Gasteiger partial charge in [0, 0.05) is 12.4 Å². The second-order valence-electron chi connectivity index (χ2n) is 9.32. The SMILES string of the molecule is C.C1CC1.CC.CC.CC.CC.CC(C)C.CC(C)C1CCC1.CC(C)c1ccccc1.c1ccncc1. The van der Waals surface area contributed by atoms with Gasteiger partial charge >= 0.3 is 0 Å². The van der Waals surface area contributed by atoms with E-state index in [-0.39, 0.29) is 7.43 Å². The van der Waals surface area contributed by atoms with E-state index in [0.717, 1.165) is 17.8 Å². The highest BCUT2D eigenvalue weighted by molar-refractivity contribution is 5.17. The summed E-state index contributed by atoms with van der Waals surface area (Å²) in [5, 5.41) is 0. The van der Waals surface area contributed by atoms with Gasteiger partial charge in [-0.05, 0) is 41.4 Å². The Hall–Kier alpha value is -1.63. The summed E-state index contributed by atoms with van der Waals surface area (Å²) >= 11 is 0. The van der Waals surface area contributed by atoms with E-state index in [2.05, 4.69) is 77.7 Å². The van der Waals surface area contributed by atoms with E-state index in [4.69, 9.17) is 0 Å². The van der Waals surface area contributed by atoms with Crippen LogP contribution in [-0.4, -0.2) is 4.98 Å². The zero-order valence-corrected chi connectivity index (χ0v) is 28.3. The van der Waals surface area contributed by atoms with Crippen molar-refractivity contribution in [1.29, 1.82) is 0 Å². The van der Waals surface area contributed by atoms with E-state index in [9.17, 15) is 0 Å². The topological polar surface area (TPSA) is 12.9 Å². The fourth-order valence-corrected chi connectivity index (χ4v) is 2.26. The number of pyridine rings is 1. The highest BCUT2D eigenvalue weighted by atomic mass is 14.6. The zero-order chi connectivity index (χ0) is 29.9. The first-order valence-corrected chi connectivity index (χ1v) is 15.7. The van der Waals surface area contributed by atoms with Gasteiger partial charge in [0.05, 0.1) is 0 Å². The Morgan fingerprint density at radius 1 is 0.553 bits per heavy atom. The summed E-state index contributed by atoms with van der Waals surface area (Å²) in [6.07, 6.45) is 12.5. The largest absolute Gasteiger partial charge is 0.265 e.